The lowest BCUT2D eigenvalue weighted by Crippen LogP contribution is -2.52. The van der Waals surface area contributed by atoms with Gasteiger partial charge in [-0.25, -0.2) is 4.79 Å². The molecular weight excluding hydrogens is 350 g/mol. The Hall–Kier alpha value is -2.06. The smallest absolute Gasteiger partial charge is 0.405 e. The Labute approximate surface area is 155 Å². The van der Waals surface area contributed by atoms with Gasteiger partial charge in [0.25, 0.3) is 0 Å². The molecule has 2 atom stereocenters. The van der Waals surface area contributed by atoms with Crippen LogP contribution in [0.25, 0.3) is 0 Å². The number of nitrogens with zero attached hydrogens (tertiary/aromatic N) is 1. The molecule has 1 aromatic rings. The average molecular weight is 380 g/mol. The molecule has 3 N–H and O–H groups in total. The first-order valence-corrected chi connectivity index (χ1v) is 11.6. The van der Waals surface area contributed by atoms with Crippen molar-refractivity contribution in [1.82, 2.24) is 10.8 Å². The second kappa shape index (κ2) is 7.67. The molecule has 7 nitrogen and oxygen atoms in total. The zero-order valence-electron chi connectivity index (χ0n) is 16.3. The summed E-state index contributed by atoms with van der Waals surface area (Å²) in [7, 11) is -0.426. The van der Waals surface area contributed by atoms with E-state index >= 15 is 0 Å². The van der Waals surface area contributed by atoms with Crippen molar-refractivity contribution >= 4 is 20.2 Å². The van der Waals surface area contributed by atoms with Crippen LogP contribution in [-0.4, -0.2) is 45.0 Å². The van der Waals surface area contributed by atoms with Gasteiger partial charge in [-0.1, -0.05) is 32.9 Å². The number of ether oxygens (including phenoxy) is 1. The third kappa shape index (κ3) is 4.56. The van der Waals surface area contributed by atoms with Crippen LogP contribution in [0.15, 0.2) is 29.3 Å². The Bertz CT molecular complexity index is 668. The molecule has 2 unspecified atom stereocenters. The van der Waals surface area contributed by atoms with Crippen LogP contribution in [0.5, 0.6) is 5.75 Å². The maximum atomic E-state index is 11.3. The van der Waals surface area contributed by atoms with E-state index in [2.05, 4.69) is 49.7 Å². The summed E-state index contributed by atoms with van der Waals surface area (Å²) in [5.74, 6) is 1.19. The fourth-order valence-corrected chi connectivity index (χ4v) is 3.14. The Balaban J connectivity index is 2.15. The summed E-state index contributed by atoms with van der Waals surface area (Å²) in [6.07, 6.45) is -1.09. The Morgan fingerprint density at radius 1 is 1.27 bits per heavy atom. The van der Waals surface area contributed by atoms with Crippen molar-refractivity contribution in [3.8, 4) is 5.75 Å². The van der Waals surface area contributed by atoms with Crippen molar-refractivity contribution in [2.45, 2.75) is 50.9 Å². The number of carboxylic acid groups (broad SMARTS) is 1. The molecule has 0 saturated heterocycles. The number of amidine groups is 1. The van der Waals surface area contributed by atoms with Crippen LogP contribution >= 0.6 is 0 Å². The van der Waals surface area contributed by atoms with E-state index in [0.29, 0.717) is 12.4 Å². The second-order valence-electron chi connectivity index (χ2n) is 8.00. The van der Waals surface area contributed by atoms with Crippen molar-refractivity contribution in [3.63, 3.8) is 0 Å². The van der Waals surface area contributed by atoms with Gasteiger partial charge in [-0.3, -0.25) is 10.5 Å². The fourth-order valence-electron chi connectivity index (χ4n) is 2.47. The van der Waals surface area contributed by atoms with Crippen LogP contribution in [0.2, 0.25) is 18.1 Å². The van der Waals surface area contributed by atoms with E-state index in [0.717, 1.165) is 11.3 Å². The van der Waals surface area contributed by atoms with Gasteiger partial charge in [-0.05, 0) is 35.8 Å². The molecule has 1 aromatic carbocycles. The molecule has 0 radical (unpaired) electrons. The highest BCUT2D eigenvalue weighted by molar-refractivity contribution is 6.74. The van der Waals surface area contributed by atoms with Gasteiger partial charge in [0.2, 0.25) is 8.32 Å². The summed E-state index contributed by atoms with van der Waals surface area (Å²) in [5, 5.41) is 11.9. The Morgan fingerprint density at radius 2 is 1.88 bits per heavy atom. The minimum absolute atomic E-state index is 0.0320. The summed E-state index contributed by atoms with van der Waals surface area (Å²) < 4.78 is 11.2. The number of methoxy groups -OCH3 is 1. The maximum Gasteiger partial charge on any atom is 0.405 e. The topological polar surface area (TPSA) is 92.2 Å². The van der Waals surface area contributed by atoms with Crippen molar-refractivity contribution < 1.29 is 19.2 Å². The number of benzene rings is 1. The number of amides is 1. The SMILES string of the molecule is COc1ccc(C2CN=C(NO[Si](C)(C)C(C)(C)C)C2NC(=O)O)cc1. The lowest BCUT2D eigenvalue weighted by molar-refractivity contribution is 0.190. The first kappa shape index (κ1) is 20.3. The van der Waals surface area contributed by atoms with Gasteiger partial charge in [0.15, 0.2) is 0 Å². The maximum absolute atomic E-state index is 11.3. The molecule has 0 bridgehead atoms. The van der Waals surface area contributed by atoms with Crippen molar-refractivity contribution in [2.75, 3.05) is 13.7 Å². The summed E-state index contributed by atoms with van der Waals surface area (Å²) in [6, 6.07) is 7.13. The molecule has 2 rings (SSSR count). The molecule has 0 fully saturated rings. The first-order valence-electron chi connectivity index (χ1n) is 8.67. The van der Waals surface area contributed by atoms with Gasteiger partial charge >= 0.3 is 6.09 Å². The summed E-state index contributed by atoms with van der Waals surface area (Å²) in [6.45, 7) is 11.2. The minimum atomic E-state index is -2.04. The third-order valence-corrected chi connectivity index (χ3v) is 9.42. The summed E-state index contributed by atoms with van der Waals surface area (Å²) in [4.78, 5) is 15.8. The lowest BCUT2D eigenvalue weighted by Gasteiger charge is -2.36. The number of hydrogen-bond donors (Lipinski definition) is 3. The normalized spacial score (nSPS) is 20.5. The van der Waals surface area contributed by atoms with Gasteiger partial charge in [-0.15, -0.1) is 0 Å². The molecule has 8 heteroatoms. The number of carbonyl (C=O) groups is 1. The molecular formula is C18H29N3O4Si. The van der Waals surface area contributed by atoms with E-state index in [-0.39, 0.29) is 11.0 Å². The molecule has 0 saturated carbocycles. The molecule has 0 aliphatic carbocycles. The van der Waals surface area contributed by atoms with Gasteiger partial charge in [0, 0.05) is 5.92 Å². The Kier molecular flexibility index (Phi) is 5.97. The van der Waals surface area contributed by atoms with Gasteiger partial charge in [-0.2, -0.15) is 0 Å². The predicted octanol–water partition coefficient (Wildman–Crippen LogP) is 3.35. The monoisotopic (exact) mass is 379 g/mol. The molecule has 144 valence electrons. The van der Waals surface area contributed by atoms with Crippen LogP contribution < -0.4 is 15.5 Å². The molecule has 0 spiro atoms. The number of rotatable bonds is 5. The van der Waals surface area contributed by atoms with E-state index in [1.165, 1.54) is 0 Å². The highest BCUT2D eigenvalue weighted by atomic mass is 28.4. The van der Waals surface area contributed by atoms with Gasteiger partial charge < -0.3 is 19.7 Å². The van der Waals surface area contributed by atoms with Crippen LogP contribution in [0.4, 0.5) is 4.79 Å². The number of aliphatic imine (C=N–C) groups is 1. The lowest BCUT2D eigenvalue weighted by atomic mass is 9.93. The standard InChI is InChI=1S/C18H29N3O4Si/c1-18(2,3)26(5,6)25-21-16-15(20-17(22)23)14(11-19-16)12-7-9-13(24-4)10-8-12/h7-10,14-15,20H,11H2,1-6H3,(H,19,21)(H,22,23). The minimum Gasteiger partial charge on any atom is -0.497 e. The number of hydrogen-bond acceptors (Lipinski definition) is 5. The van der Waals surface area contributed by atoms with Crippen LogP contribution in [0, 0.1) is 0 Å². The summed E-state index contributed by atoms with van der Waals surface area (Å²) in [5.41, 5.74) is 3.96. The quantitative estimate of drug-likeness (QED) is 0.539. The van der Waals surface area contributed by atoms with Crippen molar-refractivity contribution in [2.24, 2.45) is 4.99 Å². The van der Waals surface area contributed by atoms with Crippen molar-refractivity contribution in [3.05, 3.63) is 29.8 Å². The van der Waals surface area contributed by atoms with E-state index in [1.54, 1.807) is 7.11 Å². The highest BCUT2D eigenvalue weighted by Gasteiger charge is 2.40. The predicted molar refractivity (Wildman–Crippen MR) is 104 cm³/mol. The number of nitrogens with one attached hydrogen (secondary N) is 2. The third-order valence-electron chi connectivity index (χ3n) is 5.20. The van der Waals surface area contributed by atoms with Gasteiger partial charge in [0.05, 0.1) is 13.7 Å². The van der Waals surface area contributed by atoms with Crippen LogP contribution in [-0.2, 0) is 4.53 Å². The first-order chi connectivity index (χ1) is 12.0. The van der Waals surface area contributed by atoms with Crippen LogP contribution in [0.1, 0.15) is 32.3 Å². The Morgan fingerprint density at radius 3 is 2.38 bits per heavy atom. The zero-order valence-corrected chi connectivity index (χ0v) is 17.3. The number of hydroxylamine groups is 1. The van der Waals surface area contributed by atoms with E-state index < -0.39 is 20.5 Å². The fraction of sp³-hybridized carbons (Fsp3) is 0.556. The highest BCUT2D eigenvalue weighted by Crippen LogP contribution is 2.36. The molecule has 26 heavy (non-hydrogen) atoms. The van der Waals surface area contributed by atoms with Crippen LogP contribution in [0.3, 0.4) is 0 Å². The molecule has 1 amide bonds. The van der Waals surface area contributed by atoms with E-state index in [4.69, 9.17) is 9.26 Å². The van der Waals surface area contributed by atoms with Gasteiger partial charge in [0.1, 0.15) is 17.6 Å². The van der Waals surface area contributed by atoms with E-state index in [9.17, 15) is 9.90 Å². The van der Waals surface area contributed by atoms with Crippen molar-refractivity contribution in [1.29, 1.82) is 0 Å². The average Bonchev–Trinajstić information content (AvgIpc) is 2.94. The van der Waals surface area contributed by atoms with E-state index in [1.807, 2.05) is 24.3 Å². The largest absolute Gasteiger partial charge is 0.497 e. The molecule has 1 aliphatic heterocycles. The molecule has 1 heterocycles. The summed E-state index contributed by atoms with van der Waals surface area (Å²) >= 11 is 0. The zero-order chi connectivity index (χ0) is 19.5. The second-order valence-corrected chi connectivity index (χ2v) is 12.7. The molecule has 0 aromatic heterocycles. The molecule has 1 aliphatic rings.